The molecule has 15 heavy (non-hydrogen) atoms. The molecule has 0 amide bonds. The number of thiocarbonyl (C=S) groups is 1. The zero-order chi connectivity index (χ0) is 10.8. The maximum absolute atomic E-state index is 5.45. The van der Waals surface area contributed by atoms with Gasteiger partial charge in [0.1, 0.15) is 0 Å². The van der Waals surface area contributed by atoms with Crippen molar-refractivity contribution >= 4 is 17.1 Å². The first-order valence-corrected chi connectivity index (χ1v) is 5.29. The number of hydrogen-bond acceptors (Lipinski definition) is 1. The molecule has 0 bridgehead atoms. The summed E-state index contributed by atoms with van der Waals surface area (Å²) in [5.74, 6) is 0. The minimum Gasteiger partial charge on any atom is -0.0988 e. The molecule has 0 saturated heterocycles. The molecule has 1 aromatic rings. The average Bonchev–Trinajstić information content (AvgIpc) is 2.29. The van der Waals surface area contributed by atoms with E-state index in [0.29, 0.717) is 0 Å². The highest BCUT2D eigenvalue weighted by Gasteiger charge is 2.18. The van der Waals surface area contributed by atoms with Gasteiger partial charge in [0.15, 0.2) is 0 Å². The Balaban J connectivity index is 2.61. The molecule has 0 radical (unpaired) electrons. The third kappa shape index (κ3) is 1.59. The van der Waals surface area contributed by atoms with Crippen LogP contribution >= 0.6 is 12.2 Å². The third-order valence-corrected chi connectivity index (χ3v) is 3.12. The highest BCUT2D eigenvalue weighted by atomic mass is 32.1. The zero-order valence-corrected chi connectivity index (χ0v) is 9.31. The van der Waals surface area contributed by atoms with Crippen LogP contribution in [0.5, 0.6) is 0 Å². The summed E-state index contributed by atoms with van der Waals surface area (Å²) in [6.07, 6.45) is 4.61. The van der Waals surface area contributed by atoms with E-state index in [4.69, 9.17) is 12.2 Å². The van der Waals surface area contributed by atoms with E-state index in [1.54, 1.807) is 0 Å². The van der Waals surface area contributed by atoms with Gasteiger partial charge in [-0.25, -0.2) is 0 Å². The molecular weight excluding hydrogens is 200 g/mol. The van der Waals surface area contributed by atoms with Crippen LogP contribution in [0.2, 0.25) is 0 Å². The monoisotopic (exact) mass is 212 g/mol. The Bertz CT molecular complexity index is 478. The summed E-state index contributed by atoms with van der Waals surface area (Å²) in [6.45, 7) is 7.64. The number of hydrogen-bond donors (Lipinski definition) is 0. The maximum atomic E-state index is 5.45. The second-order valence-corrected chi connectivity index (χ2v) is 3.92. The van der Waals surface area contributed by atoms with Gasteiger partial charge in [0, 0.05) is 0 Å². The van der Waals surface area contributed by atoms with Gasteiger partial charge < -0.3 is 0 Å². The number of allylic oxidation sites excluding steroid dienone is 4. The van der Waals surface area contributed by atoms with Crippen LogP contribution in [0.1, 0.15) is 11.1 Å². The van der Waals surface area contributed by atoms with Crippen LogP contribution in [-0.4, -0.2) is 4.86 Å². The fourth-order valence-electron chi connectivity index (χ4n) is 1.89. The van der Waals surface area contributed by atoms with Crippen molar-refractivity contribution in [3.8, 4) is 0 Å². The van der Waals surface area contributed by atoms with Crippen molar-refractivity contribution in [3.05, 3.63) is 71.8 Å². The molecule has 1 aromatic carbocycles. The Morgan fingerprint density at radius 1 is 1.13 bits per heavy atom. The Hall–Kier alpha value is -1.47. The van der Waals surface area contributed by atoms with E-state index < -0.39 is 0 Å². The fourth-order valence-corrected chi connectivity index (χ4v) is 2.31. The summed E-state index contributed by atoms with van der Waals surface area (Å²) in [6, 6.07) is 8.25. The second-order valence-electron chi connectivity index (χ2n) is 3.51. The smallest absolute Gasteiger partial charge is 0.0527 e. The van der Waals surface area contributed by atoms with Gasteiger partial charge in [-0.15, -0.1) is 0 Å². The summed E-state index contributed by atoms with van der Waals surface area (Å²) in [5.41, 5.74) is 4.67. The number of benzene rings is 1. The second kappa shape index (κ2) is 3.95. The van der Waals surface area contributed by atoms with Crippen LogP contribution in [0.25, 0.3) is 0 Å². The zero-order valence-electron chi connectivity index (χ0n) is 8.49. The van der Waals surface area contributed by atoms with Gasteiger partial charge in [-0.3, -0.25) is 0 Å². The van der Waals surface area contributed by atoms with Crippen molar-refractivity contribution in [1.82, 2.24) is 0 Å². The Kier molecular flexibility index (Phi) is 2.65. The normalized spacial score (nSPS) is 14.8. The predicted molar refractivity (Wildman–Crippen MR) is 69.3 cm³/mol. The highest BCUT2D eigenvalue weighted by molar-refractivity contribution is 7.81. The first-order chi connectivity index (χ1) is 7.27. The van der Waals surface area contributed by atoms with E-state index in [9.17, 15) is 0 Å². The van der Waals surface area contributed by atoms with Crippen molar-refractivity contribution in [2.45, 2.75) is 6.42 Å². The summed E-state index contributed by atoms with van der Waals surface area (Å²) in [5, 5.41) is 0. The molecule has 0 atom stereocenters. The molecule has 0 heterocycles. The Morgan fingerprint density at radius 2 is 1.87 bits per heavy atom. The van der Waals surface area contributed by atoms with Crippen LogP contribution in [0.3, 0.4) is 0 Å². The van der Waals surface area contributed by atoms with Crippen molar-refractivity contribution in [1.29, 1.82) is 0 Å². The fraction of sp³-hybridized carbons (Fsp3) is 0.0714. The molecule has 1 heteroatoms. The van der Waals surface area contributed by atoms with Crippen LogP contribution in [0, 0.1) is 0 Å². The van der Waals surface area contributed by atoms with E-state index in [1.807, 2.05) is 24.3 Å². The van der Waals surface area contributed by atoms with E-state index in [-0.39, 0.29) is 0 Å². The lowest BCUT2D eigenvalue weighted by molar-refractivity contribution is 1.16. The molecule has 0 aliphatic heterocycles. The van der Waals surface area contributed by atoms with Gasteiger partial charge in [-0.2, -0.15) is 0 Å². The molecule has 1 aliphatic rings. The minimum atomic E-state index is 0.891. The van der Waals surface area contributed by atoms with Gasteiger partial charge in [-0.05, 0) is 28.7 Å². The number of fused-ring (bicyclic) bond motifs is 1. The van der Waals surface area contributed by atoms with Crippen LogP contribution in [-0.2, 0) is 6.42 Å². The van der Waals surface area contributed by atoms with E-state index in [1.165, 1.54) is 11.1 Å². The molecule has 0 nitrogen and oxygen atoms in total. The highest BCUT2D eigenvalue weighted by Crippen LogP contribution is 2.27. The Labute approximate surface area is 95.6 Å². The minimum absolute atomic E-state index is 0.891. The van der Waals surface area contributed by atoms with Crippen molar-refractivity contribution < 1.29 is 0 Å². The molecule has 0 spiro atoms. The van der Waals surface area contributed by atoms with Gasteiger partial charge in [-0.1, -0.05) is 61.8 Å². The largest absolute Gasteiger partial charge is 0.0988 e. The standard InChI is InChI=1S/C14H12S/c1-3-10-9-11-7-5-6-8-13(11)14(15)12(10)4-2/h3-8H,1-2,9H2. The van der Waals surface area contributed by atoms with Crippen molar-refractivity contribution in [2.24, 2.45) is 0 Å². The van der Waals surface area contributed by atoms with Gasteiger partial charge in [0.25, 0.3) is 0 Å². The number of rotatable bonds is 2. The SMILES string of the molecule is C=CC1=C(C=C)C(=S)c2ccccc2C1. The summed E-state index contributed by atoms with van der Waals surface area (Å²) in [4.78, 5) is 0.891. The topological polar surface area (TPSA) is 0 Å². The molecule has 0 N–H and O–H groups in total. The van der Waals surface area contributed by atoms with Gasteiger partial charge in [0.2, 0.25) is 0 Å². The van der Waals surface area contributed by atoms with Crippen molar-refractivity contribution in [3.63, 3.8) is 0 Å². The van der Waals surface area contributed by atoms with Crippen LogP contribution < -0.4 is 0 Å². The predicted octanol–water partition coefficient (Wildman–Crippen LogP) is 3.63. The first-order valence-electron chi connectivity index (χ1n) is 4.88. The molecule has 0 saturated carbocycles. The van der Waals surface area contributed by atoms with E-state index in [2.05, 4.69) is 25.3 Å². The lowest BCUT2D eigenvalue weighted by atomic mass is 9.86. The molecule has 0 aromatic heterocycles. The molecule has 74 valence electrons. The van der Waals surface area contributed by atoms with E-state index in [0.717, 1.165) is 22.4 Å². The van der Waals surface area contributed by atoms with Crippen molar-refractivity contribution in [2.75, 3.05) is 0 Å². The van der Waals surface area contributed by atoms with Gasteiger partial charge >= 0.3 is 0 Å². The molecule has 0 fully saturated rings. The molecular formula is C14H12S. The average molecular weight is 212 g/mol. The quantitative estimate of drug-likeness (QED) is 0.675. The molecule has 0 unspecified atom stereocenters. The first kappa shape index (κ1) is 10.1. The maximum Gasteiger partial charge on any atom is 0.0527 e. The lowest BCUT2D eigenvalue weighted by Crippen LogP contribution is -2.13. The van der Waals surface area contributed by atoms with E-state index >= 15 is 0 Å². The summed E-state index contributed by atoms with van der Waals surface area (Å²) < 4.78 is 0. The molecule has 2 rings (SSSR count). The van der Waals surface area contributed by atoms with Crippen LogP contribution in [0.15, 0.2) is 60.7 Å². The van der Waals surface area contributed by atoms with Crippen LogP contribution in [0.4, 0.5) is 0 Å². The Morgan fingerprint density at radius 3 is 2.53 bits per heavy atom. The summed E-state index contributed by atoms with van der Waals surface area (Å²) >= 11 is 5.45. The summed E-state index contributed by atoms with van der Waals surface area (Å²) in [7, 11) is 0. The molecule has 1 aliphatic carbocycles. The third-order valence-electron chi connectivity index (χ3n) is 2.68. The lowest BCUT2D eigenvalue weighted by Gasteiger charge is -2.20. The van der Waals surface area contributed by atoms with Gasteiger partial charge in [0.05, 0.1) is 4.86 Å².